The van der Waals surface area contributed by atoms with Crippen molar-refractivity contribution >= 4 is 35.8 Å². The molecule has 0 unspecified atom stereocenters. The molecule has 0 spiro atoms. The van der Waals surface area contributed by atoms with E-state index < -0.39 is 5.60 Å². The van der Waals surface area contributed by atoms with Crippen LogP contribution in [0.5, 0.6) is 0 Å². The third kappa shape index (κ3) is 5.75. The monoisotopic (exact) mass is 452 g/mol. The Morgan fingerprint density at radius 1 is 1.17 bits per heavy atom. The molecule has 2 N–H and O–H groups in total. The lowest BCUT2D eigenvalue weighted by molar-refractivity contribution is -0.135. The fourth-order valence-electron chi connectivity index (χ4n) is 3.34. The Bertz CT molecular complexity index is 428. The topological polar surface area (TPSA) is 68.2 Å². The van der Waals surface area contributed by atoms with Crippen molar-refractivity contribution in [2.24, 2.45) is 10.9 Å². The second kappa shape index (κ2) is 9.79. The highest BCUT2D eigenvalue weighted by Gasteiger charge is 2.31. The molecule has 0 bridgehead atoms. The first-order valence-electron chi connectivity index (χ1n) is 8.99. The highest BCUT2D eigenvalue weighted by molar-refractivity contribution is 14.0. The Labute approximate surface area is 163 Å². The number of aliphatic hydroxyl groups is 1. The number of amides is 1. The van der Waals surface area contributed by atoms with Crippen molar-refractivity contribution in [3.8, 4) is 0 Å². The number of guanidine groups is 1. The summed E-state index contributed by atoms with van der Waals surface area (Å²) in [6, 6.07) is 0. The van der Waals surface area contributed by atoms with Gasteiger partial charge in [0.25, 0.3) is 0 Å². The molecular weight excluding hydrogens is 419 g/mol. The van der Waals surface area contributed by atoms with E-state index >= 15 is 0 Å². The number of piperazine rings is 1. The quantitative estimate of drug-likeness (QED) is 0.387. The fourth-order valence-corrected chi connectivity index (χ4v) is 3.34. The van der Waals surface area contributed by atoms with E-state index in [1.807, 2.05) is 18.7 Å². The summed E-state index contributed by atoms with van der Waals surface area (Å²) in [7, 11) is 0. The number of rotatable bonds is 4. The molecule has 1 saturated carbocycles. The third-order valence-electron chi connectivity index (χ3n) is 4.78. The van der Waals surface area contributed by atoms with Gasteiger partial charge in [-0.1, -0.05) is 26.7 Å². The average Bonchev–Trinajstić information content (AvgIpc) is 2.98. The van der Waals surface area contributed by atoms with Gasteiger partial charge in [0.15, 0.2) is 5.96 Å². The summed E-state index contributed by atoms with van der Waals surface area (Å²) >= 11 is 0. The van der Waals surface area contributed by atoms with Crippen LogP contribution in [0, 0.1) is 5.92 Å². The first-order chi connectivity index (χ1) is 10.9. The van der Waals surface area contributed by atoms with Crippen molar-refractivity contribution in [2.75, 3.05) is 39.3 Å². The summed E-state index contributed by atoms with van der Waals surface area (Å²) < 4.78 is 0. The molecule has 0 radical (unpaired) electrons. The molecule has 2 fully saturated rings. The molecule has 0 aromatic rings. The van der Waals surface area contributed by atoms with Gasteiger partial charge in [0.05, 0.1) is 12.1 Å². The first-order valence-corrected chi connectivity index (χ1v) is 8.99. The second-order valence-corrected chi connectivity index (χ2v) is 7.07. The van der Waals surface area contributed by atoms with Gasteiger partial charge in [0.1, 0.15) is 0 Å². The van der Waals surface area contributed by atoms with Crippen molar-refractivity contribution in [3.05, 3.63) is 0 Å². The average molecular weight is 452 g/mol. The molecule has 140 valence electrons. The Morgan fingerprint density at radius 3 is 2.21 bits per heavy atom. The van der Waals surface area contributed by atoms with Crippen molar-refractivity contribution in [1.29, 1.82) is 0 Å². The van der Waals surface area contributed by atoms with Gasteiger partial charge in [0, 0.05) is 38.6 Å². The highest BCUT2D eigenvalue weighted by Crippen LogP contribution is 2.29. The maximum atomic E-state index is 12.1. The Hall–Kier alpha value is -0.570. The minimum absolute atomic E-state index is 0. The summed E-state index contributed by atoms with van der Waals surface area (Å²) in [6.45, 7) is 10.3. The van der Waals surface area contributed by atoms with Crippen LogP contribution in [0.4, 0.5) is 0 Å². The van der Waals surface area contributed by atoms with Crippen LogP contribution < -0.4 is 5.32 Å². The third-order valence-corrected chi connectivity index (χ3v) is 4.78. The molecular formula is C17H33IN4O2. The van der Waals surface area contributed by atoms with Gasteiger partial charge in [-0.25, -0.2) is 0 Å². The summed E-state index contributed by atoms with van der Waals surface area (Å²) in [4.78, 5) is 20.9. The molecule has 1 saturated heterocycles. The van der Waals surface area contributed by atoms with Gasteiger partial charge in [-0.15, -0.1) is 24.0 Å². The van der Waals surface area contributed by atoms with Gasteiger partial charge in [-0.2, -0.15) is 0 Å². The lowest BCUT2D eigenvalue weighted by Crippen LogP contribution is -2.54. The minimum atomic E-state index is -0.615. The molecule has 2 rings (SSSR count). The van der Waals surface area contributed by atoms with E-state index in [0.29, 0.717) is 6.54 Å². The second-order valence-electron chi connectivity index (χ2n) is 7.07. The zero-order chi connectivity index (χ0) is 16.9. The van der Waals surface area contributed by atoms with Gasteiger partial charge >= 0.3 is 0 Å². The van der Waals surface area contributed by atoms with Crippen LogP contribution >= 0.6 is 24.0 Å². The lowest BCUT2D eigenvalue weighted by atomic mass is 10.0. The summed E-state index contributed by atoms with van der Waals surface area (Å²) in [6.07, 6.45) is 3.90. The molecule has 0 aromatic carbocycles. The summed E-state index contributed by atoms with van der Waals surface area (Å²) in [5, 5.41) is 13.8. The van der Waals surface area contributed by atoms with Crippen molar-refractivity contribution in [3.63, 3.8) is 0 Å². The number of carbonyl (C=O) groups excluding carboxylic acids is 1. The van der Waals surface area contributed by atoms with E-state index in [-0.39, 0.29) is 35.8 Å². The molecule has 1 aliphatic carbocycles. The number of halogens is 1. The lowest BCUT2D eigenvalue weighted by Gasteiger charge is -2.37. The summed E-state index contributed by atoms with van der Waals surface area (Å²) in [5.74, 6) is 1.15. The molecule has 0 aromatic heterocycles. The van der Waals surface area contributed by atoms with Crippen molar-refractivity contribution in [1.82, 2.24) is 15.1 Å². The molecule has 1 aliphatic heterocycles. The van der Waals surface area contributed by atoms with Crippen molar-refractivity contribution < 1.29 is 9.90 Å². The van der Waals surface area contributed by atoms with E-state index in [4.69, 9.17) is 0 Å². The van der Waals surface area contributed by atoms with Crippen LogP contribution in [-0.4, -0.2) is 71.6 Å². The number of carbonyl (C=O) groups is 1. The number of hydrogen-bond acceptors (Lipinski definition) is 3. The molecule has 24 heavy (non-hydrogen) atoms. The molecule has 1 amide bonds. The molecule has 1 heterocycles. The molecule has 0 atom stereocenters. The van der Waals surface area contributed by atoms with E-state index in [9.17, 15) is 9.90 Å². The number of nitrogens with zero attached hydrogens (tertiary/aromatic N) is 3. The number of aliphatic imine (C=N–C) groups is 1. The zero-order valence-electron chi connectivity index (χ0n) is 15.3. The SMILES string of the molecule is CCNC(=NCC1(O)CCCC1)N1CCN(C(=O)C(C)C)CC1.I. The number of hydrogen-bond donors (Lipinski definition) is 2. The molecule has 7 heteroatoms. The maximum absolute atomic E-state index is 12.1. The number of nitrogens with one attached hydrogen (secondary N) is 1. The Balaban J connectivity index is 0.00000288. The fraction of sp³-hybridized carbons (Fsp3) is 0.882. The largest absolute Gasteiger partial charge is 0.388 e. The van der Waals surface area contributed by atoms with E-state index in [0.717, 1.165) is 64.4 Å². The van der Waals surface area contributed by atoms with Crippen molar-refractivity contribution in [2.45, 2.75) is 52.1 Å². The van der Waals surface area contributed by atoms with E-state index in [2.05, 4.69) is 22.1 Å². The summed E-state index contributed by atoms with van der Waals surface area (Å²) in [5.41, 5.74) is -0.615. The van der Waals surface area contributed by atoms with Gasteiger partial charge in [-0.3, -0.25) is 9.79 Å². The minimum Gasteiger partial charge on any atom is -0.388 e. The van der Waals surface area contributed by atoms with Crippen LogP contribution in [0.15, 0.2) is 4.99 Å². The van der Waals surface area contributed by atoms with Crippen LogP contribution in [0.3, 0.4) is 0 Å². The van der Waals surface area contributed by atoms with Gasteiger partial charge < -0.3 is 20.2 Å². The first kappa shape index (κ1) is 21.5. The van der Waals surface area contributed by atoms with E-state index in [1.54, 1.807) is 0 Å². The van der Waals surface area contributed by atoms with Crippen LogP contribution in [0.25, 0.3) is 0 Å². The Kier molecular flexibility index (Phi) is 8.76. The van der Waals surface area contributed by atoms with Crippen LogP contribution in [-0.2, 0) is 4.79 Å². The molecule has 6 nitrogen and oxygen atoms in total. The zero-order valence-corrected chi connectivity index (χ0v) is 17.6. The predicted octanol–water partition coefficient (Wildman–Crippen LogP) is 1.68. The standard InChI is InChI=1S/C17H32N4O2.HI/c1-4-18-16(19-13-17(23)7-5-6-8-17)21-11-9-20(10-12-21)15(22)14(2)3;/h14,23H,4-13H2,1-3H3,(H,18,19);1H. The highest BCUT2D eigenvalue weighted by atomic mass is 127. The Morgan fingerprint density at radius 2 is 1.71 bits per heavy atom. The predicted molar refractivity (Wildman–Crippen MR) is 108 cm³/mol. The van der Waals surface area contributed by atoms with Crippen LogP contribution in [0.2, 0.25) is 0 Å². The van der Waals surface area contributed by atoms with Gasteiger partial charge in [0.2, 0.25) is 5.91 Å². The normalized spacial score (nSPS) is 21.0. The smallest absolute Gasteiger partial charge is 0.225 e. The molecule has 2 aliphatic rings. The van der Waals surface area contributed by atoms with E-state index in [1.165, 1.54) is 0 Å². The maximum Gasteiger partial charge on any atom is 0.225 e. The van der Waals surface area contributed by atoms with Crippen LogP contribution in [0.1, 0.15) is 46.5 Å². The van der Waals surface area contributed by atoms with Gasteiger partial charge in [-0.05, 0) is 19.8 Å².